The van der Waals surface area contributed by atoms with E-state index in [2.05, 4.69) is 59.4 Å². The number of nitrogens with zero attached hydrogens (tertiary/aromatic N) is 8. The van der Waals surface area contributed by atoms with Gasteiger partial charge in [-0.1, -0.05) is 11.6 Å². The first-order valence-electron chi connectivity index (χ1n) is 11.6. The Hall–Kier alpha value is -3.57. The zero-order valence-electron chi connectivity index (χ0n) is 19.8. The fraction of sp³-hybridized carbons (Fsp3) is 0.417. The summed E-state index contributed by atoms with van der Waals surface area (Å²) in [7, 11) is 2.16. The summed E-state index contributed by atoms with van der Waals surface area (Å²) in [6.45, 7) is 8.73. The Kier molecular flexibility index (Phi) is 6.35. The van der Waals surface area contributed by atoms with Gasteiger partial charge in [-0.05, 0) is 32.0 Å². The summed E-state index contributed by atoms with van der Waals surface area (Å²) in [4.78, 5) is 16.0. The lowest BCUT2D eigenvalue weighted by molar-refractivity contribution is 0.0963. The number of nitriles is 1. The number of imidazole rings is 1. The first-order chi connectivity index (χ1) is 17.0. The first-order valence-corrected chi connectivity index (χ1v) is 12.0. The molecule has 2 aliphatic rings. The van der Waals surface area contributed by atoms with Crippen LogP contribution in [0.5, 0.6) is 0 Å². The minimum Gasteiger partial charge on any atom is -0.367 e. The minimum atomic E-state index is 0.296. The van der Waals surface area contributed by atoms with Gasteiger partial charge in [0.05, 0.1) is 34.2 Å². The molecule has 0 spiro atoms. The first kappa shape index (κ1) is 23.2. The summed E-state index contributed by atoms with van der Waals surface area (Å²) >= 11 is 6.85. The lowest BCUT2D eigenvalue weighted by atomic mass is 10.0. The Bertz CT molecular complexity index is 1320. The zero-order valence-corrected chi connectivity index (χ0v) is 20.5. The lowest BCUT2D eigenvalue weighted by Crippen LogP contribution is -2.63. The van der Waals surface area contributed by atoms with Crippen LogP contribution in [0.2, 0.25) is 5.02 Å². The Morgan fingerprint density at radius 1 is 1.23 bits per heavy atom. The molecule has 1 aromatic carbocycles. The van der Waals surface area contributed by atoms with E-state index < -0.39 is 0 Å². The number of hydrogen-bond donors (Lipinski definition) is 2. The van der Waals surface area contributed by atoms with Crippen LogP contribution in [0.3, 0.4) is 0 Å². The monoisotopic (exact) mass is 490 g/mol. The highest BCUT2D eigenvalue weighted by Crippen LogP contribution is 2.38. The van der Waals surface area contributed by atoms with Crippen molar-refractivity contribution < 1.29 is 0 Å². The molecule has 5 rings (SSSR count). The average Bonchev–Trinajstić information content (AvgIpc) is 3.25. The zero-order chi connectivity index (χ0) is 24.5. The normalized spacial score (nSPS) is 17.1. The van der Waals surface area contributed by atoms with Crippen molar-refractivity contribution in [3.8, 4) is 18.4 Å². The van der Waals surface area contributed by atoms with Crippen LogP contribution in [0.25, 0.3) is 5.65 Å². The van der Waals surface area contributed by atoms with E-state index in [-0.39, 0.29) is 0 Å². The summed E-state index contributed by atoms with van der Waals surface area (Å²) in [5, 5.41) is 21.1. The quantitative estimate of drug-likeness (QED) is 0.504. The predicted octanol–water partition coefficient (Wildman–Crippen LogP) is 2.24. The lowest BCUT2D eigenvalue weighted by Gasteiger charge is -2.49. The Balaban J connectivity index is 1.41. The molecule has 2 fully saturated rings. The molecule has 0 unspecified atom stereocenters. The van der Waals surface area contributed by atoms with Gasteiger partial charge in [0, 0.05) is 51.9 Å². The molecule has 10 nitrogen and oxygen atoms in total. The third kappa shape index (κ3) is 4.44. The molecule has 0 radical (unpaired) electrons. The fourth-order valence-corrected chi connectivity index (χ4v) is 4.78. The topological polar surface area (TPSA) is 101 Å². The van der Waals surface area contributed by atoms with Crippen molar-refractivity contribution >= 4 is 40.4 Å². The number of halogens is 1. The molecule has 3 aromatic rings. The van der Waals surface area contributed by atoms with Crippen molar-refractivity contribution in [2.24, 2.45) is 0 Å². The molecular formula is C24H27ClN10. The summed E-state index contributed by atoms with van der Waals surface area (Å²) in [6, 6.07) is 6.29. The summed E-state index contributed by atoms with van der Waals surface area (Å²) in [6.07, 6.45) is 7.20. The molecule has 2 saturated heterocycles. The van der Waals surface area contributed by atoms with Gasteiger partial charge in [0.15, 0.2) is 11.5 Å². The number of piperazine rings is 1. The van der Waals surface area contributed by atoms with Gasteiger partial charge in [0.25, 0.3) is 0 Å². The fourth-order valence-electron chi connectivity index (χ4n) is 4.50. The summed E-state index contributed by atoms with van der Waals surface area (Å²) in [5.41, 5.74) is 2.96. The third-order valence-corrected chi connectivity index (χ3v) is 6.94. The molecule has 0 bridgehead atoms. The molecule has 0 saturated carbocycles. The number of terminal acetylenes is 1. The van der Waals surface area contributed by atoms with Crippen molar-refractivity contribution in [1.82, 2.24) is 29.4 Å². The van der Waals surface area contributed by atoms with Crippen LogP contribution in [-0.2, 0) is 0 Å². The third-order valence-electron chi connectivity index (χ3n) is 6.54. The van der Waals surface area contributed by atoms with Gasteiger partial charge in [0.2, 0.25) is 5.95 Å². The van der Waals surface area contributed by atoms with E-state index in [0.717, 1.165) is 45.0 Å². The second-order valence-electron chi connectivity index (χ2n) is 8.83. The van der Waals surface area contributed by atoms with E-state index in [1.165, 1.54) is 0 Å². The maximum Gasteiger partial charge on any atom is 0.247 e. The van der Waals surface area contributed by atoms with Crippen LogP contribution in [-0.4, -0.2) is 88.3 Å². The number of rotatable bonds is 6. The van der Waals surface area contributed by atoms with E-state index in [1.54, 1.807) is 16.8 Å². The van der Waals surface area contributed by atoms with E-state index in [1.807, 2.05) is 13.0 Å². The van der Waals surface area contributed by atoms with E-state index in [9.17, 15) is 5.26 Å². The van der Waals surface area contributed by atoms with Crippen LogP contribution in [0, 0.1) is 23.7 Å². The van der Waals surface area contributed by atoms with Crippen LogP contribution < -0.4 is 15.5 Å². The highest BCUT2D eigenvalue weighted by Gasteiger charge is 2.34. The van der Waals surface area contributed by atoms with Gasteiger partial charge in [-0.25, -0.2) is 4.98 Å². The second-order valence-corrected chi connectivity index (χ2v) is 9.21. The Morgan fingerprint density at radius 2 is 2.00 bits per heavy atom. The largest absolute Gasteiger partial charge is 0.367 e. The van der Waals surface area contributed by atoms with Crippen molar-refractivity contribution in [3.05, 3.63) is 34.6 Å². The molecule has 4 heterocycles. The van der Waals surface area contributed by atoms with Gasteiger partial charge in [-0.2, -0.15) is 14.8 Å². The van der Waals surface area contributed by atoms with Crippen LogP contribution >= 0.6 is 11.6 Å². The number of aromatic nitrogens is 4. The molecule has 0 aliphatic carbocycles. The maximum absolute atomic E-state index is 9.66. The van der Waals surface area contributed by atoms with Crippen molar-refractivity contribution in [2.45, 2.75) is 13.0 Å². The van der Waals surface area contributed by atoms with Crippen molar-refractivity contribution in [3.63, 3.8) is 0 Å². The van der Waals surface area contributed by atoms with E-state index in [4.69, 9.17) is 18.0 Å². The van der Waals surface area contributed by atoms with Crippen molar-refractivity contribution in [2.75, 3.05) is 68.4 Å². The van der Waals surface area contributed by atoms with Gasteiger partial charge in [0.1, 0.15) is 5.69 Å². The number of fused-ring (bicyclic) bond motifs is 1. The van der Waals surface area contributed by atoms with E-state index >= 15 is 0 Å². The van der Waals surface area contributed by atoms with Gasteiger partial charge in [-0.15, -0.1) is 11.5 Å². The molecule has 11 heteroatoms. The number of hydrogen-bond acceptors (Lipinski definition) is 9. The van der Waals surface area contributed by atoms with Crippen LogP contribution in [0.1, 0.15) is 18.2 Å². The predicted molar refractivity (Wildman–Crippen MR) is 137 cm³/mol. The van der Waals surface area contributed by atoms with Crippen molar-refractivity contribution in [1.29, 1.82) is 5.26 Å². The molecule has 2 aliphatic heterocycles. The van der Waals surface area contributed by atoms with E-state index in [0.29, 0.717) is 52.0 Å². The van der Waals surface area contributed by atoms with Gasteiger partial charge < -0.3 is 20.4 Å². The number of anilines is 4. The summed E-state index contributed by atoms with van der Waals surface area (Å²) in [5.74, 6) is 3.43. The smallest absolute Gasteiger partial charge is 0.247 e. The number of benzene rings is 1. The molecule has 2 N–H and O–H groups in total. The maximum atomic E-state index is 9.66. The average molecular weight is 491 g/mol. The minimum absolute atomic E-state index is 0.296. The van der Waals surface area contributed by atoms with Gasteiger partial charge >= 0.3 is 0 Å². The van der Waals surface area contributed by atoms with Crippen LogP contribution in [0.4, 0.5) is 23.1 Å². The standard InChI is InChI=1S/C24H27ClN10/c1-4-17-13-28-23-22(27-5-2)30-24(31-35(17)23)29-19-10-16(12-26)11-20(21(19)25)34-14-18(15-34)33-8-6-32(3)7-9-33/h1,10-11,13,18H,5-9,14-15H2,2-3H3,(H2,27,29,30,31). The molecule has 0 atom stereocenters. The molecule has 2 aromatic heterocycles. The highest BCUT2D eigenvalue weighted by atomic mass is 35.5. The SMILES string of the molecule is C#Cc1cnc2c(NCC)nc(Nc3cc(C#N)cc(N4CC(N5CCN(C)CC5)C4)c3Cl)nn12. The Labute approximate surface area is 209 Å². The number of likely N-dealkylation sites (N-methyl/N-ethyl adjacent to an activating group) is 1. The Morgan fingerprint density at radius 3 is 2.69 bits per heavy atom. The molecular weight excluding hydrogens is 464 g/mol. The highest BCUT2D eigenvalue weighted by molar-refractivity contribution is 6.36. The second kappa shape index (κ2) is 9.59. The van der Waals surface area contributed by atoms with Crippen LogP contribution in [0.15, 0.2) is 18.3 Å². The number of nitrogens with one attached hydrogen (secondary N) is 2. The summed E-state index contributed by atoms with van der Waals surface area (Å²) < 4.78 is 1.56. The molecule has 180 valence electrons. The van der Waals surface area contributed by atoms with Gasteiger partial charge in [-0.3, -0.25) is 4.90 Å². The molecule has 35 heavy (non-hydrogen) atoms. The molecule has 0 amide bonds.